The predicted octanol–water partition coefficient (Wildman–Crippen LogP) is 0.861. The molecular weight excluding hydrogens is 159 g/mol. The molecule has 0 aliphatic heterocycles. The maximum Gasteiger partial charge on any atom is 0.414 e. The summed E-state index contributed by atoms with van der Waals surface area (Å²) < 4.78 is 34.9. The van der Waals surface area contributed by atoms with Crippen molar-refractivity contribution >= 4 is 0 Å². The second-order valence-corrected chi connectivity index (χ2v) is 2.65. The Kier molecular flexibility index (Phi) is 3.82. The van der Waals surface area contributed by atoms with E-state index in [1.165, 1.54) is 0 Å². The van der Waals surface area contributed by atoms with Crippen LogP contribution in [0.4, 0.5) is 13.2 Å². The average Bonchev–Trinajstić information content (AvgIpc) is 1.80. The first-order chi connectivity index (χ1) is 4.84. The smallest absolute Gasteiger partial charge is 0.384 e. The molecule has 1 N–H and O–H groups in total. The molecule has 0 aromatic heterocycles. The Morgan fingerprint density at radius 1 is 1.36 bits per heavy atom. The van der Waals surface area contributed by atoms with Crippen LogP contribution in [-0.4, -0.2) is 42.9 Å². The minimum Gasteiger partial charge on any atom is -0.384 e. The number of alkyl halides is 3. The lowest BCUT2D eigenvalue weighted by atomic mass is 10.2. The zero-order valence-corrected chi connectivity index (χ0v) is 6.52. The molecule has 0 fully saturated rings. The van der Waals surface area contributed by atoms with Crippen LogP contribution in [0.1, 0.15) is 6.42 Å². The maximum atomic E-state index is 11.6. The van der Waals surface area contributed by atoms with Crippen LogP contribution in [0.2, 0.25) is 0 Å². The lowest BCUT2D eigenvalue weighted by Crippen LogP contribution is -2.31. The van der Waals surface area contributed by atoms with Gasteiger partial charge in [0.2, 0.25) is 0 Å². The van der Waals surface area contributed by atoms with Crippen LogP contribution in [0.3, 0.4) is 0 Å². The number of rotatable bonds is 3. The van der Waals surface area contributed by atoms with Crippen LogP contribution in [-0.2, 0) is 0 Å². The van der Waals surface area contributed by atoms with Gasteiger partial charge in [0.25, 0.3) is 0 Å². The van der Waals surface area contributed by atoms with Crippen LogP contribution in [0.5, 0.6) is 0 Å². The molecule has 0 saturated heterocycles. The fraction of sp³-hybridized carbons (Fsp3) is 1.00. The summed E-state index contributed by atoms with van der Waals surface area (Å²) in [5.74, 6) is 0. The summed E-state index contributed by atoms with van der Waals surface area (Å²) in [6.45, 7) is 0.237. The van der Waals surface area contributed by atoms with Crippen LogP contribution in [0, 0.1) is 0 Å². The van der Waals surface area contributed by atoms with E-state index in [9.17, 15) is 13.2 Å². The highest BCUT2D eigenvalue weighted by Crippen LogP contribution is 2.21. The topological polar surface area (TPSA) is 23.5 Å². The summed E-state index contributed by atoms with van der Waals surface area (Å²) >= 11 is 0. The van der Waals surface area contributed by atoms with Gasteiger partial charge in [-0.3, -0.25) is 0 Å². The Morgan fingerprint density at radius 3 is 2.09 bits per heavy atom. The van der Waals surface area contributed by atoms with Crippen molar-refractivity contribution in [2.45, 2.75) is 18.7 Å². The fourth-order valence-corrected chi connectivity index (χ4v) is 0.544. The summed E-state index contributed by atoms with van der Waals surface area (Å²) in [4.78, 5) is 1.59. The van der Waals surface area contributed by atoms with Crippen molar-refractivity contribution in [1.82, 2.24) is 4.90 Å². The Labute approximate surface area is 63.6 Å². The second-order valence-electron chi connectivity index (χ2n) is 2.65. The van der Waals surface area contributed by atoms with E-state index in [0.717, 1.165) is 0 Å². The zero-order chi connectivity index (χ0) is 9.07. The Balaban J connectivity index is 3.61. The van der Waals surface area contributed by atoms with Gasteiger partial charge in [-0.05, 0) is 20.5 Å². The molecule has 0 aromatic rings. The lowest BCUT2D eigenvalue weighted by molar-refractivity contribution is -0.205. The van der Waals surface area contributed by atoms with Crippen LogP contribution in [0.25, 0.3) is 0 Å². The molecule has 0 bridgehead atoms. The summed E-state index contributed by atoms with van der Waals surface area (Å²) in [7, 11) is 3.31. The highest BCUT2D eigenvalue weighted by molar-refractivity contribution is 4.65. The Morgan fingerprint density at radius 2 is 1.82 bits per heavy atom. The zero-order valence-electron chi connectivity index (χ0n) is 6.52. The van der Waals surface area contributed by atoms with Crippen molar-refractivity contribution in [3.63, 3.8) is 0 Å². The number of hydrogen-bond acceptors (Lipinski definition) is 2. The summed E-state index contributed by atoms with van der Waals surface area (Å²) in [5.41, 5.74) is 0. The highest BCUT2D eigenvalue weighted by atomic mass is 19.4. The molecule has 0 rings (SSSR count). The molecule has 1 unspecified atom stereocenters. The third-order valence-electron chi connectivity index (χ3n) is 1.23. The maximum absolute atomic E-state index is 11.6. The largest absolute Gasteiger partial charge is 0.414 e. The summed E-state index contributed by atoms with van der Waals surface area (Å²) in [6, 6.07) is 0. The normalized spacial score (nSPS) is 15.5. The van der Waals surface area contributed by atoms with Gasteiger partial charge in [0.15, 0.2) is 6.10 Å². The predicted molar refractivity (Wildman–Crippen MR) is 35.2 cm³/mol. The number of halogens is 3. The Bertz CT molecular complexity index is 113. The molecule has 0 heterocycles. The van der Waals surface area contributed by atoms with Crippen molar-refractivity contribution in [1.29, 1.82) is 0 Å². The number of hydrogen-bond donors (Lipinski definition) is 1. The minimum absolute atomic E-state index is 0.237. The molecule has 11 heavy (non-hydrogen) atoms. The molecule has 5 heteroatoms. The van der Waals surface area contributed by atoms with Crippen molar-refractivity contribution in [3.05, 3.63) is 0 Å². The first-order valence-electron chi connectivity index (χ1n) is 3.23. The summed E-state index contributed by atoms with van der Waals surface area (Å²) in [5, 5.41) is 8.48. The van der Waals surface area contributed by atoms with Crippen molar-refractivity contribution in [2.24, 2.45) is 0 Å². The molecule has 0 radical (unpaired) electrons. The van der Waals surface area contributed by atoms with E-state index in [2.05, 4.69) is 0 Å². The van der Waals surface area contributed by atoms with E-state index in [1.807, 2.05) is 0 Å². The standard InChI is InChI=1S/C6H12F3NO/c1-10(2)4-3-5(11)6(7,8)9/h5,11H,3-4H2,1-2H3. The highest BCUT2D eigenvalue weighted by Gasteiger charge is 2.37. The molecule has 68 valence electrons. The van der Waals surface area contributed by atoms with Crippen LogP contribution < -0.4 is 0 Å². The molecule has 0 amide bonds. The lowest BCUT2D eigenvalue weighted by Gasteiger charge is -2.16. The van der Waals surface area contributed by atoms with E-state index < -0.39 is 12.3 Å². The van der Waals surface area contributed by atoms with Crippen LogP contribution in [0.15, 0.2) is 0 Å². The van der Waals surface area contributed by atoms with Gasteiger partial charge >= 0.3 is 6.18 Å². The number of aliphatic hydroxyl groups excluding tert-OH is 1. The monoisotopic (exact) mass is 171 g/mol. The third kappa shape index (κ3) is 5.03. The van der Waals surface area contributed by atoms with Crippen molar-refractivity contribution in [3.8, 4) is 0 Å². The van der Waals surface area contributed by atoms with Gasteiger partial charge in [-0.1, -0.05) is 0 Å². The van der Waals surface area contributed by atoms with Gasteiger partial charge in [0, 0.05) is 6.54 Å². The summed E-state index contributed by atoms with van der Waals surface area (Å²) in [6.07, 6.45) is -6.93. The van der Waals surface area contributed by atoms with Gasteiger partial charge in [-0.2, -0.15) is 13.2 Å². The van der Waals surface area contributed by atoms with Crippen molar-refractivity contribution < 1.29 is 18.3 Å². The quantitative estimate of drug-likeness (QED) is 0.680. The van der Waals surface area contributed by atoms with E-state index in [1.54, 1.807) is 19.0 Å². The van der Waals surface area contributed by atoms with Gasteiger partial charge in [-0.15, -0.1) is 0 Å². The van der Waals surface area contributed by atoms with E-state index in [0.29, 0.717) is 0 Å². The van der Waals surface area contributed by atoms with E-state index in [4.69, 9.17) is 5.11 Å². The SMILES string of the molecule is CN(C)CCC(O)C(F)(F)F. The van der Waals surface area contributed by atoms with Gasteiger partial charge in [0.1, 0.15) is 0 Å². The Hall–Kier alpha value is -0.290. The second kappa shape index (κ2) is 3.92. The molecule has 0 saturated carbocycles. The molecule has 2 nitrogen and oxygen atoms in total. The van der Waals surface area contributed by atoms with Gasteiger partial charge in [0.05, 0.1) is 0 Å². The molecule has 0 spiro atoms. The van der Waals surface area contributed by atoms with Gasteiger partial charge in [-0.25, -0.2) is 0 Å². The minimum atomic E-state index is -4.48. The fourth-order valence-electron chi connectivity index (χ4n) is 0.544. The van der Waals surface area contributed by atoms with Crippen LogP contribution >= 0.6 is 0 Å². The first-order valence-corrected chi connectivity index (χ1v) is 3.23. The average molecular weight is 171 g/mol. The number of nitrogens with zero attached hydrogens (tertiary/aromatic N) is 1. The third-order valence-corrected chi connectivity index (χ3v) is 1.23. The molecule has 0 aromatic carbocycles. The molecule has 0 aliphatic carbocycles. The number of aliphatic hydroxyl groups is 1. The van der Waals surface area contributed by atoms with E-state index in [-0.39, 0.29) is 13.0 Å². The first kappa shape index (κ1) is 10.7. The molecule has 0 aliphatic rings. The van der Waals surface area contributed by atoms with E-state index >= 15 is 0 Å². The van der Waals surface area contributed by atoms with Gasteiger partial charge < -0.3 is 10.0 Å². The molecular formula is C6H12F3NO. The van der Waals surface area contributed by atoms with Crippen molar-refractivity contribution in [2.75, 3.05) is 20.6 Å². The molecule has 1 atom stereocenters.